The second-order valence-electron chi connectivity index (χ2n) is 7.27. The molecule has 3 atom stereocenters. The first-order valence-electron chi connectivity index (χ1n) is 7.38. The van der Waals surface area contributed by atoms with Gasteiger partial charge in [-0.1, -0.05) is 20.8 Å². The zero-order valence-corrected chi connectivity index (χ0v) is 12.8. The molecule has 3 rings (SSSR count). The Balaban J connectivity index is 1.80. The van der Waals surface area contributed by atoms with E-state index in [1.165, 1.54) is 6.42 Å². The van der Waals surface area contributed by atoms with Crippen LogP contribution < -0.4 is 5.73 Å². The maximum Gasteiger partial charge on any atom is 0.355 e. The molecule has 0 radical (unpaired) electrons. The third kappa shape index (κ3) is 1.63. The predicted octanol–water partition coefficient (Wildman–Crippen LogP) is 2.98. The van der Waals surface area contributed by atoms with Crippen LogP contribution in [0.5, 0.6) is 0 Å². The summed E-state index contributed by atoms with van der Waals surface area (Å²) in [7, 11) is 1.82. The average Bonchev–Trinajstić information content (AvgIpc) is 2.86. The molecule has 0 spiro atoms. The van der Waals surface area contributed by atoms with Crippen molar-refractivity contribution in [1.82, 2.24) is 4.57 Å². The van der Waals surface area contributed by atoms with Gasteiger partial charge in [0.2, 0.25) is 0 Å². The number of carbonyl (C=O) groups excluding carboxylic acids is 1. The van der Waals surface area contributed by atoms with E-state index in [0.717, 1.165) is 12.8 Å². The van der Waals surface area contributed by atoms with Crippen molar-refractivity contribution in [2.24, 2.45) is 23.8 Å². The first-order chi connectivity index (χ1) is 9.25. The molecular weight excluding hydrogens is 252 g/mol. The number of nitrogens with two attached hydrogens (primary N) is 1. The summed E-state index contributed by atoms with van der Waals surface area (Å²) < 4.78 is 7.58. The molecule has 2 N–H and O–H groups in total. The third-order valence-electron chi connectivity index (χ3n) is 6.20. The monoisotopic (exact) mass is 276 g/mol. The SMILES string of the molecule is Cn1cc(N)cc1C(=O)OC1CC2CCC1(C)C2(C)C. The van der Waals surface area contributed by atoms with Crippen molar-refractivity contribution < 1.29 is 9.53 Å². The fourth-order valence-electron chi connectivity index (χ4n) is 4.29. The summed E-state index contributed by atoms with van der Waals surface area (Å²) in [6.45, 7) is 6.91. The summed E-state index contributed by atoms with van der Waals surface area (Å²) >= 11 is 0. The van der Waals surface area contributed by atoms with E-state index in [0.29, 0.717) is 17.3 Å². The second-order valence-corrected chi connectivity index (χ2v) is 7.27. The largest absolute Gasteiger partial charge is 0.457 e. The Bertz CT molecular complexity index is 561. The molecule has 2 bridgehead atoms. The third-order valence-corrected chi connectivity index (χ3v) is 6.20. The summed E-state index contributed by atoms with van der Waals surface area (Å²) in [5.41, 5.74) is 7.21. The molecule has 4 heteroatoms. The fourth-order valence-corrected chi connectivity index (χ4v) is 4.29. The van der Waals surface area contributed by atoms with E-state index in [2.05, 4.69) is 20.8 Å². The first-order valence-corrected chi connectivity index (χ1v) is 7.38. The van der Waals surface area contributed by atoms with Crippen LogP contribution in [0.15, 0.2) is 12.3 Å². The number of fused-ring (bicyclic) bond motifs is 2. The topological polar surface area (TPSA) is 57.2 Å². The van der Waals surface area contributed by atoms with Crippen LogP contribution in [-0.2, 0) is 11.8 Å². The van der Waals surface area contributed by atoms with Gasteiger partial charge < -0.3 is 15.0 Å². The van der Waals surface area contributed by atoms with Crippen LogP contribution in [0.25, 0.3) is 0 Å². The number of hydrogen-bond donors (Lipinski definition) is 1. The quantitative estimate of drug-likeness (QED) is 0.845. The van der Waals surface area contributed by atoms with Crippen molar-refractivity contribution in [2.75, 3.05) is 5.73 Å². The number of rotatable bonds is 2. The van der Waals surface area contributed by atoms with Gasteiger partial charge in [0, 0.05) is 18.7 Å². The number of hydrogen-bond acceptors (Lipinski definition) is 3. The minimum Gasteiger partial charge on any atom is -0.457 e. The number of nitrogen functional groups attached to an aromatic ring is 1. The maximum atomic E-state index is 12.4. The number of ether oxygens (including phenoxy) is 1. The number of aromatic nitrogens is 1. The molecule has 0 amide bonds. The van der Waals surface area contributed by atoms with Gasteiger partial charge in [0.25, 0.3) is 0 Å². The summed E-state index contributed by atoms with van der Waals surface area (Å²) in [5.74, 6) is 0.419. The number of anilines is 1. The van der Waals surface area contributed by atoms with Crippen LogP contribution in [0.4, 0.5) is 5.69 Å². The molecule has 1 heterocycles. The minimum absolute atomic E-state index is 0.0277. The van der Waals surface area contributed by atoms with E-state index in [4.69, 9.17) is 10.5 Å². The summed E-state index contributed by atoms with van der Waals surface area (Å²) in [6.07, 6.45) is 5.17. The molecular formula is C16H24N2O2. The zero-order valence-electron chi connectivity index (χ0n) is 12.8. The van der Waals surface area contributed by atoms with Crippen molar-refractivity contribution in [3.05, 3.63) is 18.0 Å². The Hall–Kier alpha value is -1.45. The van der Waals surface area contributed by atoms with Crippen molar-refractivity contribution in [1.29, 1.82) is 0 Å². The lowest BCUT2D eigenvalue weighted by Crippen LogP contribution is -2.38. The van der Waals surface area contributed by atoms with Gasteiger partial charge in [0.05, 0.1) is 5.69 Å². The van der Waals surface area contributed by atoms with Gasteiger partial charge in [-0.3, -0.25) is 0 Å². The second kappa shape index (κ2) is 4.03. The highest BCUT2D eigenvalue weighted by molar-refractivity contribution is 5.89. The normalized spacial score (nSPS) is 34.4. The number of nitrogens with zero attached hydrogens (tertiary/aromatic N) is 1. The van der Waals surface area contributed by atoms with E-state index in [1.54, 1.807) is 16.8 Å². The molecule has 1 aromatic heterocycles. The highest BCUT2D eigenvalue weighted by Crippen LogP contribution is 2.66. The van der Waals surface area contributed by atoms with Gasteiger partial charge in [-0.15, -0.1) is 0 Å². The van der Waals surface area contributed by atoms with Crippen LogP contribution in [-0.4, -0.2) is 16.6 Å². The molecule has 110 valence electrons. The molecule has 2 aliphatic carbocycles. The summed E-state index contributed by atoms with van der Waals surface area (Å²) in [5, 5.41) is 0. The Morgan fingerprint density at radius 2 is 2.15 bits per heavy atom. The number of carbonyl (C=O) groups is 1. The Morgan fingerprint density at radius 3 is 2.60 bits per heavy atom. The molecule has 2 aliphatic rings. The Morgan fingerprint density at radius 1 is 1.45 bits per heavy atom. The van der Waals surface area contributed by atoms with Gasteiger partial charge in [-0.05, 0) is 36.7 Å². The molecule has 1 aromatic rings. The van der Waals surface area contributed by atoms with Crippen LogP contribution in [0.1, 0.15) is 50.5 Å². The smallest absolute Gasteiger partial charge is 0.355 e. The highest BCUT2D eigenvalue weighted by atomic mass is 16.5. The van der Waals surface area contributed by atoms with Gasteiger partial charge >= 0.3 is 5.97 Å². The van der Waals surface area contributed by atoms with Gasteiger partial charge in [-0.2, -0.15) is 0 Å². The van der Waals surface area contributed by atoms with Gasteiger partial charge in [0.15, 0.2) is 0 Å². The highest BCUT2D eigenvalue weighted by Gasteiger charge is 2.62. The lowest BCUT2D eigenvalue weighted by molar-refractivity contribution is -0.0249. The Labute approximate surface area is 120 Å². The van der Waals surface area contributed by atoms with Crippen molar-refractivity contribution >= 4 is 11.7 Å². The molecule has 0 aliphatic heterocycles. The first kappa shape index (κ1) is 13.5. The van der Waals surface area contributed by atoms with E-state index in [9.17, 15) is 4.79 Å². The lowest BCUT2D eigenvalue weighted by Gasteiger charge is -2.38. The maximum absolute atomic E-state index is 12.4. The standard InChI is InChI=1S/C16H24N2O2/c1-15(2)10-5-6-16(15,3)13(7-10)20-14(19)12-8-11(17)9-18(12)4/h8-10,13H,5-7,17H2,1-4H3. The molecule has 20 heavy (non-hydrogen) atoms. The minimum atomic E-state index is -0.251. The van der Waals surface area contributed by atoms with E-state index in [1.807, 2.05) is 7.05 Å². The van der Waals surface area contributed by atoms with Gasteiger partial charge in [-0.25, -0.2) is 4.79 Å². The summed E-state index contributed by atoms with van der Waals surface area (Å²) in [6, 6.07) is 1.68. The summed E-state index contributed by atoms with van der Waals surface area (Å²) in [4.78, 5) is 12.4. The average molecular weight is 276 g/mol. The fraction of sp³-hybridized carbons (Fsp3) is 0.688. The lowest BCUT2D eigenvalue weighted by atomic mass is 9.70. The van der Waals surface area contributed by atoms with Crippen LogP contribution in [0.3, 0.4) is 0 Å². The predicted molar refractivity (Wildman–Crippen MR) is 78.3 cm³/mol. The van der Waals surface area contributed by atoms with Gasteiger partial charge in [0.1, 0.15) is 11.8 Å². The molecule has 3 unspecified atom stereocenters. The van der Waals surface area contributed by atoms with Crippen LogP contribution in [0, 0.1) is 16.7 Å². The van der Waals surface area contributed by atoms with E-state index >= 15 is 0 Å². The molecule has 2 fully saturated rings. The van der Waals surface area contributed by atoms with Crippen LogP contribution >= 0.6 is 0 Å². The van der Waals surface area contributed by atoms with Crippen LogP contribution in [0.2, 0.25) is 0 Å². The molecule has 0 saturated heterocycles. The molecule has 4 nitrogen and oxygen atoms in total. The van der Waals surface area contributed by atoms with Crippen molar-refractivity contribution in [2.45, 2.75) is 46.1 Å². The number of aryl methyl sites for hydroxylation is 1. The Kier molecular flexibility index (Phi) is 2.72. The van der Waals surface area contributed by atoms with Crippen molar-refractivity contribution in [3.8, 4) is 0 Å². The van der Waals surface area contributed by atoms with E-state index in [-0.39, 0.29) is 22.9 Å². The molecule has 0 aromatic carbocycles. The zero-order chi connectivity index (χ0) is 14.7. The van der Waals surface area contributed by atoms with E-state index < -0.39 is 0 Å². The number of esters is 1. The van der Waals surface area contributed by atoms with Crippen molar-refractivity contribution in [3.63, 3.8) is 0 Å². The molecule has 2 saturated carbocycles.